The molecule has 0 aliphatic carbocycles. The van der Waals surface area contributed by atoms with Gasteiger partial charge in [0, 0.05) is 9.79 Å². The highest BCUT2D eigenvalue weighted by atomic mass is 32.2. The third-order valence-electron chi connectivity index (χ3n) is 3.66. The minimum absolute atomic E-state index is 0.0359. The van der Waals surface area contributed by atoms with Crippen LogP contribution in [0.2, 0.25) is 0 Å². The number of benzene rings is 3. The summed E-state index contributed by atoms with van der Waals surface area (Å²) in [6.45, 7) is 0. The van der Waals surface area contributed by atoms with Gasteiger partial charge in [-0.3, -0.25) is 4.79 Å². The van der Waals surface area contributed by atoms with Crippen molar-refractivity contribution < 1.29 is 9.53 Å². The zero-order valence-electron chi connectivity index (χ0n) is 13.9. The van der Waals surface area contributed by atoms with Gasteiger partial charge in [-0.15, -0.1) is 0 Å². The van der Waals surface area contributed by atoms with Crippen LogP contribution in [-0.2, 0) is 11.2 Å². The molecule has 0 saturated carbocycles. The summed E-state index contributed by atoms with van der Waals surface area (Å²) in [5.41, 5.74) is 1.78. The lowest BCUT2D eigenvalue weighted by Gasteiger charge is -2.11. The first-order valence-electron chi connectivity index (χ1n) is 7.99. The number of methoxy groups -OCH3 is 1. The van der Waals surface area contributed by atoms with Crippen molar-refractivity contribution in [1.82, 2.24) is 0 Å². The first kappa shape index (κ1) is 17.1. The lowest BCUT2D eigenvalue weighted by atomic mass is 10.1. The largest absolute Gasteiger partial charge is 0.497 e. The molecule has 3 rings (SSSR count). The van der Waals surface area contributed by atoms with E-state index in [0.717, 1.165) is 26.8 Å². The number of nitrogens with one attached hydrogen (secondary N) is 1. The topological polar surface area (TPSA) is 38.3 Å². The number of carbonyl (C=O) groups is 1. The van der Waals surface area contributed by atoms with Gasteiger partial charge in [-0.1, -0.05) is 54.2 Å². The van der Waals surface area contributed by atoms with Gasteiger partial charge in [-0.2, -0.15) is 0 Å². The normalized spacial score (nSPS) is 10.3. The van der Waals surface area contributed by atoms with Crippen LogP contribution < -0.4 is 10.1 Å². The summed E-state index contributed by atoms with van der Waals surface area (Å²) in [6, 6.07) is 25.5. The van der Waals surface area contributed by atoms with Crippen molar-refractivity contribution in [1.29, 1.82) is 0 Å². The fourth-order valence-corrected chi connectivity index (χ4v) is 3.32. The Balaban J connectivity index is 1.68. The molecule has 0 bridgehead atoms. The van der Waals surface area contributed by atoms with Crippen LogP contribution in [0.5, 0.6) is 5.75 Å². The van der Waals surface area contributed by atoms with Crippen molar-refractivity contribution in [3.8, 4) is 5.75 Å². The van der Waals surface area contributed by atoms with Gasteiger partial charge in [0.1, 0.15) is 5.75 Å². The Morgan fingerprint density at radius 1 is 0.920 bits per heavy atom. The summed E-state index contributed by atoms with van der Waals surface area (Å²) >= 11 is 1.64. The number of ether oxygens (including phenoxy) is 1. The van der Waals surface area contributed by atoms with E-state index in [9.17, 15) is 4.79 Å². The summed E-state index contributed by atoms with van der Waals surface area (Å²) < 4.78 is 5.14. The van der Waals surface area contributed by atoms with E-state index in [-0.39, 0.29) is 5.91 Å². The van der Waals surface area contributed by atoms with E-state index >= 15 is 0 Å². The van der Waals surface area contributed by atoms with Gasteiger partial charge in [0.2, 0.25) is 5.91 Å². The van der Waals surface area contributed by atoms with Gasteiger partial charge >= 0.3 is 0 Å². The summed E-state index contributed by atoms with van der Waals surface area (Å²) in [4.78, 5) is 14.6. The molecule has 25 heavy (non-hydrogen) atoms. The maximum absolute atomic E-state index is 12.4. The van der Waals surface area contributed by atoms with E-state index in [1.807, 2.05) is 66.7 Å². The molecule has 0 saturated heterocycles. The molecule has 0 aliphatic rings. The van der Waals surface area contributed by atoms with Crippen LogP contribution in [-0.4, -0.2) is 13.0 Å². The van der Waals surface area contributed by atoms with Gasteiger partial charge < -0.3 is 10.1 Å². The SMILES string of the molecule is COc1ccc(CC(=O)Nc2ccccc2Sc2ccccc2)cc1. The smallest absolute Gasteiger partial charge is 0.228 e. The molecule has 0 aliphatic heterocycles. The second kappa shape index (κ2) is 8.40. The van der Waals surface area contributed by atoms with Crippen molar-refractivity contribution >= 4 is 23.4 Å². The van der Waals surface area contributed by atoms with Crippen LogP contribution in [0.15, 0.2) is 88.7 Å². The zero-order chi connectivity index (χ0) is 17.5. The van der Waals surface area contributed by atoms with Crippen molar-refractivity contribution in [2.45, 2.75) is 16.2 Å². The van der Waals surface area contributed by atoms with E-state index in [1.165, 1.54) is 0 Å². The Labute approximate surface area is 152 Å². The quantitative estimate of drug-likeness (QED) is 0.678. The van der Waals surface area contributed by atoms with Crippen molar-refractivity contribution in [3.63, 3.8) is 0 Å². The minimum atomic E-state index is -0.0359. The molecule has 0 radical (unpaired) electrons. The second-order valence-electron chi connectivity index (χ2n) is 5.48. The average molecular weight is 349 g/mol. The molecule has 0 heterocycles. The van der Waals surface area contributed by atoms with E-state index in [0.29, 0.717) is 6.42 Å². The monoisotopic (exact) mass is 349 g/mol. The molecule has 0 atom stereocenters. The van der Waals surface area contributed by atoms with Gasteiger partial charge in [0.15, 0.2) is 0 Å². The van der Waals surface area contributed by atoms with Crippen LogP contribution >= 0.6 is 11.8 Å². The van der Waals surface area contributed by atoms with Crippen LogP contribution in [0, 0.1) is 0 Å². The summed E-state index contributed by atoms with van der Waals surface area (Å²) in [5.74, 6) is 0.750. The van der Waals surface area contributed by atoms with Crippen LogP contribution in [0.4, 0.5) is 5.69 Å². The predicted octanol–water partition coefficient (Wildman–Crippen LogP) is 5.03. The lowest BCUT2D eigenvalue weighted by Crippen LogP contribution is -2.14. The Bertz CT molecular complexity index is 832. The molecule has 1 N–H and O–H groups in total. The van der Waals surface area contributed by atoms with E-state index in [1.54, 1.807) is 18.9 Å². The Morgan fingerprint density at radius 2 is 1.60 bits per heavy atom. The number of carbonyl (C=O) groups excluding carboxylic acids is 1. The average Bonchev–Trinajstić information content (AvgIpc) is 2.65. The Morgan fingerprint density at radius 3 is 2.32 bits per heavy atom. The molecule has 3 nitrogen and oxygen atoms in total. The van der Waals surface area contributed by atoms with Crippen molar-refractivity contribution in [2.75, 3.05) is 12.4 Å². The molecule has 3 aromatic rings. The highest BCUT2D eigenvalue weighted by molar-refractivity contribution is 7.99. The molecule has 4 heteroatoms. The molecule has 0 aromatic heterocycles. The molecule has 1 amide bonds. The molecule has 0 spiro atoms. The molecular weight excluding hydrogens is 330 g/mol. The summed E-state index contributed by atoms with van der Waals surface area (Å²) in [5, 5.41) is 3.02. The first-order chi connectivity index (χ1) is 12.2. The summed E-state index contributed by atoms with van der Waals surface area (Å²) in [6.07, 6.45) is 0.328. The first-order valence-corrected chi connectivity index (χ1v) is 8.81. The number of amides is 1. The third-order valence-corrected chi connectivity index (χ3v) is 4.74. The van der Waals surface area contributed by atoms with Crippen molar-refractivity contribution in [3.05, 3.63) is 84.4 Å². The maximum Gasteiger partial charge on any atom is 0.228 e. The lowest BCUT2D eigenvalue weighted by molar-refractivity contribution is -0.115. The van der Waals surface area contributed by atoms with Crippen LogP contribution in [0.3, 0.4) is 0 Å². The Hall–Kier alpha value is -2.72. The fraction of sp³-hybridized carbons (Fsp3) is 0.0952. The van der Waals surface area contributed by atoms with Gasteiger partial charge in [0.25, 0.3) is 0 Å². The van der Waals surface area contributed by atoms with E-state index in [2.05, 4.69) is 17.4 Å². The molecule has 3 aromatic carbocycles. The summed E-state index contributed by atoms with van der Waals surface area (Å²) in [7, 11) is 1.63. The number of rotatable bonds is 6. The fourth-order valence-electron chi connectivity index (χ4n) is 2.40. The predicted molar refractivity (Wildman–Crippen MR) is 102 cm³/mol. The highest BCUT2D eigenvalue weighted by Crippen LogP contribution is 2.33. The Kier molecular flexibility index (Phi) is 5.75. The van der Waals surface area contributed by atoms with Gasteiger partial charge in [0.05, 0.1) is 19.2 Å². The van der Waals surface area contributed by atoms with Gasteiger partial charge in [-0.05, 0) is 42.0 Å². The van der Waals surface area contributed by atoms with Gasteiger partial charge in [-0.25, -0.2) is 0 Å². The number of anilines is 1. The number of para-hydroxylation sites is 1. The zero-order valence-corrected chi connectivity index (χ0v) is 14.8. The molecule has 0 unspecified atom stereocenters. The van der Waals surface area contributed by atoms with Crippen LogP contribution in [0.25, 0.3) is 0 Å². The second-order valence-corrected chi connectivity index (χ2v) is 6.60. The van der Waals surface area contributed by atoms with Crippen LogP contribution in [0.1, 0.15) is 5.56 Å². The molecule has 0 fully saturated rings. The third kappa shape index (κ3) is 4.88. The maximum atomic E-state index is 12.4. The molecular formula is C21H19NO2S. The highest BCUT2D eigenvalue weighted by Gasteiger charge is 2.09. The number of hydrogen-bond acceptors (Lipinski definition) is 3. The van der Waals surface area contributed by atoms with Crippen molar-refractivity contribution in [2.24, 2.45) is 0 Å². The molecule has 126 valence electrons. The van der Waals surface area contributed by atoms with E-state index < -0.39 is 0 Å². The van der Waals surface area contributed by atoms with E-state index in [4.69, 9.17) is 4.74 Å². The minimum Gasteiger partial charge on any atom is -0.497 e. The number of hydrogen-bond donors (Lipinski definition) is 1. The standard InChI is InChI=1S/C21H19NO2S/c1-24-17-13-11-16(12-14-17)15-21(23)22-19-9-5-6-10-20(19)25-18-7-3-2-4-8-18/h2-14H,15H2,1H3,(H,22,23).